The van der Waals surface area contributed by atoms with E-state index in [1.165, 1.54) is 13.8 Å². The first-order valence-electron chi connectivity index (χ1n) is 2.64. The summed E-state index contributed by atoms with van der Waals surface area (Å²) >= 11 is 0. The number of nitrogens with one attached hydrogen (secondary N) is 1. The molecule has 0 aliphatic rings. The van der Waals surface area contributed by atoms with Gasteiger partial charge in [-0.2, -0.15) is 13.2 Å². The Hall–Kier alpha value is -0.800. The van der Waals surface area contributed by atoms with Gasteiger partial charge in [0.1, 0.15) is 5.71 Å². The molecular formula is C6H8F3N. The molecule has 0 heterocycles. The van der Waals surface area contributed by atoms with E-state index in [0.29, 0.717) is 5.57 Å². The lowest BCUT2D eigenvalue weighted by atomic mass is 10.2. The zero-order chi connectivity index (χ0) is 8.36. The molecule has 1 nitrogen and oxygen atoms in total. The molecule has 0 aliphatic heterocycles. The lowest BCUT2D eigenvalue weighted by Gasteiger charge is -2.02. The van der Waals surface area contributed by atoms with Crippen molar-refractivity contribution in [2.24, 2.45) is 0 Å². The minimum Gasteiger partial charge on any atom is -0.296 e. The van der Waals surface area contributed by atoms with Crippen LogP contribution in [0.3, 0.4) is 0 Å². The van der Waals surface area contributed by atoms with Gasteiger partial charge < -0.3 is 0 Å². The molecule has 0 aliphatic carbocycles. The van der Waals surface area contributed by atoms with E-state index in [1.807, 2.05) is 0 Å². The molecule has 0 aromatic carbocycles. The number of alkyl halides is 3. The Morgan fingerprint density at radius 1 is 1.30 bits per heavy atom. The number of allylic oxidation sites excluding steroid dienone is 2. The maximum atomic E-state index is 11.5. The second kappa shape index (κ2) is 2.86. The van der Waals surface area contributed by atoms with Gasteiger partial charge >= 0.3 is 6.18 Å². The summed E-state index contributed by atoms with van der Waals surface area (Å²) in [7, 11) is 0. The second-order valence-corrected chi connectivity index (χ2v) is 2.13. The van der Waals surface area contributed by atoms with Crippen LogP contribution in [0.5, 0.6) is 0 Å². The maximum Gasteiger partial charge on any atom is 0.432 e. The van der Waals surface area contributed by atoms with Gasteiger partial charge in [0.2, 0.25) is 0 Å². The Kier molecular flexibility index (Phi) is 2.63. The fourth-order valence-corrected chi connectivity index (χ4v) is 0.371. The van der Waals surface area contributed by atoms with Crippen LogP contribution in [0.15, 0.2) is 11.6 Å². The van der Waals surface area contributed by atoms with Crippen LogP contribution in [-0.4, -0.2) is 11.9 Å². The predicted molar refractivity (Wildman–Crippen MR) is 33.2 cm³/mol. The van der Waals surface area contributed by atoms with Crippen LogP contribution in [0.1, 0.15) is 13.8 Å². The summed E-state index contributed by atoms with van der Waals surface area (Å²) in [5, 5.41) is 6.47. The highest BCUT2D eigenvalue weighted by molar-refractivity contribution is 5.97. The van der Waals surface area contributed by atoms with Crippen molar-refractivity contribution in [2.45, 2.75) is 20.0 Å². The average molecular weight is 151 g/mol. The molecule has 0 unspecified atom stereocenters. The SMILES string of the molecule is CC(C)=CC(=N)C(F)(F)F. The van der Waals surface area contributed by atoms with Gasteiger partial charge in [0.05, 0.1) is 0 Å². The molecule has 0 rings (SSSR count). The largest absolute Gasteiger partial charge is 0.432 e. The fraction of sp³-hybridized carbons (Fsp3) is 0.500. The van der Waals surface area contributed by atoms with Gasteiger partial charge in [-0.3, -0.25) is 5.41 Å². The van der Waals surface area contributed by atoms with Crippen molar-refractivity contribution in [2.75, 3.05) is 0 Å². The Bertz CT molecular complexity index is 162. The van der Waals surface area contributed by atoms with E-state index in [1.54, 1.807) is 0 Å². The highest BCUT2D eigenvalue weighted by atomic mass is 19.4. The van der Waals surface area contributed by atoms with E-state index < -0.39 is 11.9 Å². The summed E-state index contributed by atoms with van der Waals surface area (Å²) in [5.41, 5.74) is -0.824. The highest BCUT2D eigenvalue weighted by Crippen LogP contribution is 2.17. The molecule has 0 aromatic rings. The van der Waals surface area contributed by atoms with Crippen LogP contribution in [0.4, 0.5) is 13.2 Å². The van der Waals surface area contributed by atoms with Gasteiger partial charge in [-0.1, -0.05) is 5.57 Å². The van der Waals surface area contributed by atoms with Crippen LogP contribution in [0.2, 0.25) is 0 Å². The second-order valence-electron chi connectivity index (χ2n) is 2.13. The van der Waals surface area contributed by atoms with Gasteiger partial charge in [0, 0.05) is 0 Å². The van der Waals surface area contributed by atoms with Crippen LogP contribution < -0.4 is 0 Å². The number of hydrogen-bond donors (Lipinski definition) is 1. The van der Waals surface area contributed by atoms with Crippen molar-refractivity contribution in [3.05, 3.63) is 11.6 Å². The van der Waals surface area contributed by atoms with Crippen molar-refractivity contribution in [3.8, 4) is 0 Å². The van der Waals surface area contributed by atoms with E-state index in [9.17, 15) is 13.2 Å². The van der Waals surface area contributed by atoms with Gasteiger partial charge in [-0.25, -0.2) is 0 Å². The lowest BCUT2D eigenvalue weighted by molar-refractivity contribution is -0.0584. The molecule has 0 spiro atoms. The Morgan fingerprint density at radius 2 is 1.70 bits per heavy atom. The maximum absolute atomic E-state index is 11.5. The molecule has 1 N–H and O–H groups in total. The third-order valence-corrected chi connectivity index (χ3v) is 0.738. The Labute approximate surface area is 57.1 Å². The zero-order valence-electron chi connectivity index (χ0n) is 5.71. The van der Waals surface area contributed by atoms with E-state index in [0.717, 1.165) is 6.08 Å². The summed E-state index contributed by atoms with van der Waals surface area (Å²) in [6, 6.07) is 0. The smallest absolute Gasteiger partial charge is 0.296 e. The predicted octanol–water partition coefficient (Wildman–Crippen LogP) is 2.53. The van der Waals surface area contributed by atoms with Gasteiger partial charge in [-0.15, -0.1) is 0 Å². The average Bonchev–Trinajstić information content (AvgIpc) is 1.60. The number of halogens is 3. The standard InChI is InChI=1S/C6H8F3N/c1-4(2)3-5(10)6(7,8)9/h3,10H,1-2H3. The van der Waals surface area contributed by atoms with Crippen molar-refractivity contribution < 1.29 is 13.2 Å². The van der Waals surface area contributed by atoms with E-state index in [-0.39, 0.29) is 0 Å². The van der Waals surface area contributed by atoms with Crippen molar-refractivity contribution in [1.82, 2.24) is 0 Å². The quantitative estimate of drug-likeness (QED) is 0.557. The number of rotatable bonds is 1. The number of hydrogen-bond acceptors (Lipinski definition) is 1. The molecule has 0 saturated carbocycles. The normalized spacial score (nSPS) is 10.9. The monoisotopic (exact) mass is 151 g/mol. The Balaban J connectivity index is 4.27. The summed E-state index contributed by atoms with van der Waals surface area (Å²) in [6.07, 6.45) is -3.71. The van der Waals surface area contributed by atoms with Gasteiger partial charge in [0.15, 0.2) is 0 Å². The van der Waals surface area contributed by atoms with E-state index >= 15 is 0 Å². The van der Waals surface area contributed by atoms with Crippen LogP contribution in [0, 0.1) is 5.41 Å². The summed E-state index contributed by atoms with van der Waals surface area (Å²) in [5.74, 6) is 0. The molecule has 0 atom stereocenters. The molecule has 4 heteroatoms. The van der Waals surface area contributed by atoms with E-state index in [2.05, 4.69) is 0 Å². The molecule has 58 valence electrons. The summed E-state index contributed by atoms with van der Waals surface area (Å²) in [4.78, 5) is 0. The topological polar surface area (TPSA) is 23.9 Å². The highest BCUT2D eigenvalue weighted by Gasteiger charge is 2.32. The van der Waals surface area contributed by atoms with Crippen molar-refractivity contribution in [3.63, 3.8) is 0 Å². The van der Waals surface area contributed by atoms with Gasteiger partial charge in [0.25, 0.3) is 0 Å². The third kappa shape index (κ3) is 3.27. The molecule has 0 aromatic heterocycles. The first-order chi connectivity index (χ1) is 4.34. The van der Waals surface area contributed by atoms with Gasteiger partial charge in [-0.05, 0) is 19.9 Å². The van der Waals surface area contributed by atoms with Crippen LogP contribution >= 0.6 is 0 Å². The summed E-state index contributed by atoms with van der Waals surface area (Å²) in [6.45, 7) is 3.03. The molecular weight excluding hydrogens is 143 g/mol. The third-order valence-electron chi connectivity index (χ3n) is 0.738. The Morgan fingerprint density at radius 3 is 1.80 bits per heavy atom. The molecule has 0 radical (unpaired) electrons. The zero-order valence-corrected chi connectivity index (χ0v) is 5.71. The molecule has 0 fully saturated rings. The minimum absolute atomic E-state index is 0.474. The minimum atomic E-state index is -4.50. The molecule has 0 bridgehead atoms. The van der Waals surface area contributed by atoms with Crippen molar-refractivity contribution >= 4 is 5.71 Å². The molecule has 0 saturated heterocycles. The lowest BCUT2D eigenvalue weighted by Crippen LogP contribution is -2.19. The fourth-order valence-electron chi connectivity index (χ4n) is 0.371. The van der Waals surface area contributed by atoms with Crippen LogP contribution in [-0.2, 0) is 0 Å². The first-order valence-corrected chi connectivity index (χ1v) is 2.64. The van der Waals surface area contributed by atoms with Crippen molar-refractivity contribution in [1.29, 1.82) is 5.41 Å². The summed E-state index contributed by atoms with van der Waals surface area (Å²) < 4.78 is 34.6. The molecule has 0 amide bonds. The first kappa shape index (κ1) is 9.20. The van der Waals surface area contributed by atoms with Crippen LogP contribution in [0.25, 0.3) is 0 Å². The van der Waals surface area contributed by atoms with E-state index in [4.69, 9.17) is 5.41 Å². The molecule has 10 heavy (non-hydrogen) atoms.